The molecule has 30 heavy (non-hydrogen) atoms. The number of imide groups is 1. The van der Waals surface area contributed by atoms with E-state index in [4.69, 9.17) is 11.6 Å². The molecule has 7 nitrogen and oxygen atoms in total. The zero-order chi connectivity index (χ0) is 21.3. The highest BCUT2D eigenvalue weighted by molar-refractivity contribution is 6.33. The Morgan fingerprint density at radius 1 is 1.10 bits per heavy atom. The van der Waals surface area contributed by atoms with Crippen LogP contribution in [0, 0.1) is 5.82 Å². The van der Waals surface area contributed by atoms with Gasteiger partial charge in [-0.1, -0.05) is 35.9 Å². The number of carbonyl (C=O) groups is 3. The molecule has 2 saturated heterocycles. The monoisotopic (exact) mass is 430 g/mol. The van der Waals surface area contributed by atoms with Gasteiger partial charge in [-0.15, -0.1) is 0 Å². The van der Waals surface area contributed by atoms with Crippen LogP contribution >= 0.6 is 11.6 Å². The molecule has 156 valence electrons. The quantitative estimate of drug-likeness (QED) is 0.730. The molecule has 2 aliphatic heterocycles. The summed E-state index contributed by atoms with van der Waals surface area (Å²) in [5, 5.41) is 6.01. The van der Waals surface area contributed by atoms with Crippen molar-refractivity contribution in [1.82, 2.24) is 15.1 Å². The van der Waals surface area contributed by atoms with Gasteiger partial charge in [-0.2, -0.15) is 0 Å². The van der Waals surface area contributed by atoms with Gasteiger partial charge in [0.05, 0.1) is 17.3 Å². The Morgan fingerprint density at radius 3 is 2.43 bits per heavy atom. The fourth-order valence-electron chi connectivity index (χ4n) is 3.78. The summed E-state index contributed by atoms with van der Waals surface area (Å²) >= 11 is 6.08. The first kappa shape index (κ1) is 20.2. The van der Waals surface area contributed by atoms with Gasteiger partial charge >= 0.3 is 12.1 Å². The Kier molecular flexibility index (Phi) is 5.34. The van der Waals surface area contributed by atoms with Crippen molar-refractivity contribution in [2.45, 2.75) is 24.9 Å². The van der Waals surface area contributed by atoms with Crippen molar-refractivity contribution >= 4 is 35.3 Å². The average molecular weight is 431 g/mol. The van der Waals surface area contributed by atoms with Gasteiger partial charge in [0, 0.05) is 13.1 Å². The predicted molar refractivity (Wildman–Crippen MR) is 109 cm³/mol. The molecule has 2 aliphatic rings. The number of urea groups is 2. The minimum atomic E-state index is -1.02. The lowest BCUT2D eigenvalue weighted by Gasteiger charge is -2.37. The number of amides is 5. The third-order valence-electron chi connectivity index (χ3n) is 5.52. The molecular weight excluding hydrogens is 411 g/mol. The fraction of sp³-hybridized carbons (Fsp3) is 0.286. The first-order chi connectivity index (χ1) is 14.4. The van der Waals surface area contributed by atoms with Crippen LogP contribution in [0.25, 0.3) is 0 Å². The minimum Gasteiger partial charge on any atom is -0.324 e. The van der Waals surface area contributed by atoms with E-state index >= 15 is 0 Å². The highest BCUT2D eigenvalue weighted by Gasteiger charge is 2.52. The third-order valence-corrected chi connectivity index (χ3v) is 5.85. The Morgan fingerprint density at radius 2 is 1.77 bits per heavy atom. The number of hydrogen-bond donors (Lipinski definition) is 2. The van der Waals surface area contributed by atoms with Gasteiger partial charge in [0.15, 0.2) is 0 Å². The Hall–Kier alpha value is -3.13. The molecule has 1 spiro atoms. The number of hydrogen-bond acceptors (Lipinski definition) is 3. The molecule has 0 aromatic heterocycles. The van der Waals surface area contributed by atoms with Crippen molar-refractivity contribution in [1.29, 1.82) is 0 Å². The van der Waals surface area contributed by atoms with Gasteiger partial charge < -0.3 is 15.5 Å². The summed E-state index contributed by atoms with van der Waals surface area (Å²) in [5.41, 5.74) is 0.159. The zero-order valence-electron chi connectivity index (χ0n) is 16.0. The van der Waals surface area contributed by atoms with Crippen LogP contribution < -0.4 is 10.6 Å². The smallest absolute Gasteiger partial charge is 0.324 e. The average Bonchev–Trinajstić information content (AvgIpc) is 2.96. The van der Waals surface area contributed by atoms with Crippen molar-refractivity contribution in [2.24, 2.45) is 0 Å². The molecule has 2 fully saturated rings. The van der Waals surface area contributed by atoms with E-state index in [0.29, 0.717) is 42.2 Å². The van der Waals surface area contributed by atoms with Crippen LogP contribution in [0.15, 0.2) is 48.5 Å². The number of nitrogens with zero attached hydrogens (tertiary/aromatic N) is 2. The van der Waals surface area contributed by atoms with Crippen LogP contribution in [0.4, 0.5) is 19.7 Å². The van der Waals surface area contributed by atoms with Crippen molar-refractivity contribution in [3.8, 4) is 0 Å². The second-order valence-corrected chi connectivity index (χ2v) is 7.83. The maximum absolute atomic E-state index is 13.1. The van der Waals surface area contributed by atoms with E-state index < -0.39 is 11.6 Å². The maximum Gasteiger partial charge on any atom is 0.325 e. The summed E-state index contributed by atoms with van der Waals surface area (Å²) in [6.07, 6.45) is 0.626. The number of piperidine rings is 1. The van der Waals surface area contributed by atoms with Crippen molar-refractivity contribution in [2.75, 3.05) is 18.4 Å². The van der Waals surface area contributed by atoms with Gasteiger partial charge in [0.2, 0.25) is 0 Å². The summed E-state index contributed by atoms with van der Waals surface area (Å²) in [5.74, 6) is -0.696. The van der Waals surface area contributed by atoms with Crippen LogP contribution in [0.1, 0.15) is 18.4 Å². The maximum atomic E-state index is 13.1. The van der Waals surface area contributed by atoms with Crippen LogP contribution in [0.5, 0.6) is 0 Å². The van der Waals surface area contributed by atoms with E-state index in [1.807, 2.05) is 0 Å². The number of anilines is 1. The lowest BCUT2D eigenvalue weighted by atomic mass is 9.87. The molecule has 0 bridgehead atoms. The topological polar surface area (TPSA) is 81.8 Å². The van der Waals surface area contributed by atoms with Crippen LogP contribution in [-0.4, -0.2) is 46.4 Å². The molecule has 2 aromatic carbocycles. The second-order valence-electron chi connectivity index (χ2n) is 7.43. The molecule has 5 amide bonds. The molecule has 2 N–H and O–H groups in total. The fourth-order valence-corrected chi connectivity index (χ4v) is 3.96. The molecule has 2 heterocycles. The summed E-state index contributed by atoms with van der Waals surface area (Å²) in [7, 11) is 0. The van der Waals surface area contributed by atoms with E-state index in [1.54, 1.807) is 41.3 Å². The predicted octanol–water partition coefficient (Wildman–Crippen LogP) is 3.60. The summed E-state index contributed by atoms with van der Waals surface area (Å²) < 4.78 is 13.1. The van der Waals surface area contributed by atoms with E-state index in [2.05, 4.69) is 10.6 Å². The van der Waals surface area contributed by atoms with Gasteiger partial charge in [-0.25, -0.2) is 14.0 Å². The Bertz CT molecular complexity index is 990. The van der Waals surface area contributed by atoms with Gasteiger partial charge in [-0.3, -0.25) is 9.69 Å². The van der Waals surface area contributed by atoms with Crippen molar-refractivity contribution in [3.63, 3.8) is 0 Å². The molecule has 9 heteroatoms. The summed E-state index contributed by atoms with van der Waals surface area (Å²) in [6.45, 7) is 0.697. The molecule has 0 atom stereocenters. The van der Waals surface area contributed by atoms with E-state index in [1.165, 1.54) is 12.1 Å². The van der Waals surface area contributed by atoms with Gasteiger partial charge in [0.25, 0.3) is 5.91 Å². The number of nitrogens with one attached hydrogen (secondary N) is 2. The number of likely N-dealkylation sites (tertiary alicyclic amines) is 1. The van der Waals surface area contributed by atoms with E-state index in [-0.39, 0.29) is 24.3 Å². The minimum absolute atomic E-state index is 0.0728. The molecular formula is C21H20ClFN4O3. The number of rotatable bonds is 3. The zero-order valence-corrected chi connectivity index (χ0v) is 16.8. The number of halogens is 2. The van der Waals surface area contributed by atoms with Gasteiger partial charge in [-0.05, 0) is 42.7 Å². The standard InChI is InChI=1S/C21H20ClFN4O3/c22-16-3-1-2-4-17(16)24-19(29)26-11-9-21(10-12-26)18(28)27(20(30)25-21)13-14-5-7-15(23)8-6-14/h1-8H,9-13H2,(H,24,29)(H,25,30). The molecule has 2 aromatic rings. The SMILES string of the molecule is O=C(Nc1ccccc1Cl)N1CCC2(CC1)NC(=O)N(Cc1ccc(F)cc1)C2=O. The highest BCUT2D eigenvalue weighted by atomic mass is 35.5. The first-order valence-electron chi connectivity index (χ1n) is 9.57. The lowest BCUT2D eigenvalue weighted by molar-refractivity contribution is -0.133. The van der Waals surface area contributed by atoms with Crippen molar-refractivity contribution < 1.29 is 18.8 Å². The highest BCUT2D eigenvalue weighted by Crippen LogP contribution is 2.31. The van der Waals surface area contributed by atoms with Crippen molar-refractivity contribution in [3.05, 3.63) is 64.9 Å². The van der Waals surface area contributed by atoms with Crippen LogP contribution in [0.2, 0.25) is 5.02 Å². The molecule has 0 saturated carbocycles. The normalized spacial score (nSPS) is 17.9. The Balaban J connectivity index is 1.39. The van der Waals surface area contributed by atoms with E-state index in [9.17, 15) is 18.8 Å². The molecule has 0 unspecified atom stereocenters. The lowest BCUT2D eigenvalue weighted by Crippen LogP contribution is -2.56. The van der Waals surface area contributed by atoms with E-state index in [0.717, 1.165) is 4.90 Å². The van der Waals surface area contributed by atoms with Crippen LogP contribution in [0.3, 0.4) is 0 Å². The number of carbonyl (C=O) groups excluding carboxylic acids is 3. The molecule has 0 radical (unpaired) electrons. The summed E-state index contributed by atoms with van der Waals surface area (Å²) in [6, 6.07) is 11.8. The molecule has 0 aliphatic carbocycles. The first-order valence-corrected chi connectivity index (χ1v) is 9.95. The molecule has 4 rings (SSSR count). The largest absolute Gasteiger partial charge is 0.325 e. The number of para-hydroxylation sites is 1. The number of benzene rings is 2. The van der Waals surface area contributed by atoms with Crippen LogP contribution in [-0.2, 0) is 11.3 Å². The second kappa shape index (κ2) is 7.95. The van der Waals surface area contributed by atoms with Gasteiger partial charge in [0.1, 0.15) is 11.4 Å². The summed E-state index contributed by atoms with van der Waals surface area (Å²) in [4.78, 5) is 40.7. The Labute approximate surface area is 177 Å². The third kappa shape index (κ3) is 3.82.